The first-order valence-corrected chi connectivity index (χ1v) is 7.02. The standard InChI is InChI=1S/C16H19NO2/c17-11-16(7-9-19-10-8-16)15(18)14-5-3-13(4-6-14)12-1-2-12/h3-6,12,15,18H,1-2,7-10H2. The third-order valence-electron chi connectivity index (χ3n) is 4.43. The van der Waals surface area contributed by atoms with Crippen molar-refractivity contribution in [3.05, 3.63) is 35.4 Å². The zero-order chi connectivity index (χ0) is 13.3. The van der Waals surface area contributed by atoms with Crippen LogP contribution in [-0.4, -0.2) is 18.3 Å². The van der Waals surface area contributed by atoms with Crippen LogP contribution in [0.2, 0.25) is 0 Å². The number of nitriles is 1. The Hall–Kier alpha value is -1.37. The summed E-state index contributed by atoms with van der Waals surface area (Å²) < 4.78 is 5.31. The molecule has 3 heteroatoms. The Morgan fingerprint density at radius 2 is 1.84 bits per heavy atom. The van der Waals surface area contributed by atoms with Crippen LogP contribution >= 0.6 is 0 Å². The van der Waals surface area contributed by atoms with Gasteiger partial charge in [-0.3, -0.25) is 0 Å². The maximum absolute atomic E-state index is 10.6. The molecule has 2 aliphatic rings. The Morgan fingerprint density at radius 3 is 2.37 bits per heavy atom. The van der Waals surface area contributed by atoms with Gasteiger partial charge in [0.05, 0.1) is 17.6 Å². The van der Waals surface area contributed by atoms with E-state index < -0.39 is 11.5 Å². The molecule has 1 saturated carbocycles. The first-order valence-electron chi connectivity index (χ1n) is 7.02. The van der Waals surface area contributed by atoms with Gasteiger partial charge in [-0.05, 0) is 42.7 Å². The number of aliphatic hydroxyl groups excluding tert-OH is 1. The Kier molecular flexibility index (Phi) is 3.30. The average molecular weight is 257 g/mol. The number of aliphatic hydroxyl groups is 1. The van der Waals surface area contributed by atoms with E-state index in [1.807, 2.05) is 12.1 Å². The van der Waals surface area contributed by atoms with Crippen molar-refractivity contribution in [2.75, 3.05) is 13.2 Å². The van der Waals surface area contributed by atoms with Crippen molar-refractivity contribution < 1.29 is 9.84 Å². The van der Waals surface area contributed by atoms with Crippen molar-refractivity contribution in [1.29, 1.82) is 5.26 Å². The fraction of sp³-hybridized carbons (Fsp3) is 0.562. The van der Waals surface area contributed by atoms with E-state index >= 15 is 0 Å². The van der Waals surface area contributed by atoms with E-state index in [1.54, 1.807) is 0 Å². The van der Waals surface area contributed by atoms with E-state index in [9.17, 15) is 10.4 Å². The van der Waals surface area contributed by atoms with Crippen molar-refractivity contribution in [1.82, 2.24) is 0 Å². The van der Waals surface area contributed by atoms with Gasteiger partial charge in [0.15, 0.2) is 0 Å². The molecule has 2 fully saturated rings. The summed E-state index contributed by atoms with van der Waals surface area (Å²) >= 11 is 0. The first-order chi connectivity index (χ1) is 9.25. The topological polar surface area (TPSA) is 53.2 Å². The van der Waals surface area contributed by atoms with Crippen molar-refractivity contribution in [3.63, 3.8) is 0 Å². The van der Waals surface area contributed by atoms with E-state index in [0.717, 1.165) is 11.5 Å². The van der Waals surface area contributed by atoms with Crippen molar-refractivity contribution >= 4 is 0 Å². The number of hydrogen-bond acceptors (Lipinski definition) is 3. The Labute approximate surface area is 113 Å². The average Bonchev–Trinajstić information content (AvgIpc) is 3.32. The Bertz CT molecular complexity index is 478. The summed E-state index contributed by atoms with van der Waals surface area (Å²) in [6.07, 6.45) is 3.06. The van der Waals surface area contributed by atoms with E-state index in [4.69, 9.17) is 4.74 Å². The molecule has 0 amide bonds. The van der Waals surface area contributed by atoms with Gasteiger partial charge >= 0.3 is 0 Å². The minimum absolute atomic E-state index is 0.560. The molecule has 1 unspecified atom stereocenters. The quantitative estimate of drug-likeness (QED) is 0.905. The van der Waals surface area contributed by atoms with Gasteiger partial charge in [-0.1, -0.05) is 24.3 Å². The predicted octanol–water partition coefficient (Wildman–Crippen LogP) is 2.92. The molecular weight excluding hydrogens is 238 g/mol. The van der Waals surface area contributed by atoms with Crippen LogP contribution < -0.4 is 0 Å². The molecule has 0 radical (unpaired) electrons. The Balaban J connectivity index is 1.81. The van der Waals surface area contributed by atoms with Gasteiger partial charge in [0.2, 0.25) is 0 Å². The molecule has 19 heavy (non-hydrogen) atoms. The zero-order valence-electron chi connectivity index (χ0n) is 11.0. The van der Waals surface area contributed by atoms with Gasteiger partial charge in [-0.2, -0.15) is 5.26 Å². The summed E-state index contributed by atoms with van der Waals surface area (Å²) in [6, 6.07) is 10.5. The number of ether oxygens (including phenoxy) is 1. The maximum Gasteiger partial charge on any atom is 0.0978 e. The largest absolute Gasteiger partial charge is 0.387 e. The molecule has 1 aliphatic carbocycles. The van der Waals surface area contributed by atoms with Crippen molar-refractivity contribution in [2.45, 2.75) is 37.7 Å². The van der Waals surface area contributed by atoms with Crippen LogP contribution in [0.3, 0.4) is 0 Å². The number of benzene rings is 1. The zero-order valence-corrected chi connectivity index (χ0v) is 11.0. The molecular formula is C16H19NO2. The molecule has 0 aromatic heterocycles. The van der Waals surface area contributed by atoms with Crippen LogP contribution in [0.1, 0.15) is 48.8 Å². The van der Waals surface area contributed by atoms with Crippen LogP contribution in [0.15, 0.2) is 24.3 Å². The van der Waals surface area contributed by atoms with Crippen LogP contribution in [0.4, 0.5) is 0 Å². The van der Waals surface area contributed by atoms with E-state index in [-0.39, 0.29) is 0 Å². The number of rotatable bonds is 3. The highest BCUT2D eigenvalue weighted by Crippen LogP contribution is 2.43. The highest BCUT2D eigenvalue weighted by Gasteiger charge is 2.40. The van der Waals surface area contributed by atoms with Crippen LogP contribution in [0.5, 0.6) is 0 Å². The molecule has 3 nitrogen and oxygen atoms in total. The summed E-state index contributed by atoms with van der Waals surface area (Å²) in [5, 5.41) is 20.0. The molecule has 1 aromatic rings. The second-order valence-corrected chi connectivity index (χ2v) is 5.72. The second-order valence-electron chi connectivity index (χ2n) is 5.72. The predicted molar refractivity (Wildman–Crippen MR) is 71.5 cm³/mol. The van der Waals surface area contributed by atoms with Crippen LogP contribution in [-0.2, 0) is 4.74 Å². The van der Waals surface area contributed by atoms with Gasteiger partial charge in [-0.15, -0.1) is 0 Å². The van der Waals surface area contributed by atoms with Crippen molar-refractivity contribution in [3.8, 4) is 6.07 Å². The molecule has 1 atom stereocenters. The first kappa shape index (κ1) is 12.7. The normalized spacial score (nSPS) is 23.6. The van der Waals surface area contributed by atoms with Gasteiger partial charge in [0, 0.05) is 13.2 Å². The molecule has 0 spiro atoms. The second kappa shape index (κ2) is 4.96. The van der Waals surface area contributed by atoms with Gasteiger partial charge in [-0.25, -0.2) is 0 Å². The molecule has 3 rings (SSSR count). The number of nitrogens with zero attached hydrogens (tertiary/aromatic N) is 1. The Morgan fingerprint density at radius 1 is 1.21 bits per heavy atom. The lowest BCUT2D eigenvalue weighted by molar-refractivity contribution is -0.0310. The summed E-state index contributed by atoms with van der Waals surface area (Å²) in [4.78, 5) is 0. The summed E-state index contributed by atoms with van der Waals surface area (Å²) in [7, 11) is 0. The number of hydrogen-bond donors (Lipinski definition) is 1. The van der Waals surface area contributed by atoms with E-state index in [1.165, 1.54) is 18.4 Å². The third-order valence-corrected chi connectivity index (χ3v) is 4.43. The maximum atomic E-state index is 10.6. The van der Waals surface area contributed by atoms with Crippen LogP contribution in [0.25, 0.3) is 0 Å². The highest BCUT2D eigenvalue weighted by molar-refractivity contribution is 5.31. The van der Waals surface area contributed by atoms with E-state index in [2.05, 4.69) is 18.2 Å². The summed E-state index contributed by atoms with van der Waals surface area (Å²) in [5.41, 5.74) is 1.53. The molecule has 1 aliphatic heterocycles. The smallest absolute Gasteiger partial charge is 0.0978 e. The lowest BCUT2D eigenvalue weighted by atomic mass is 9.74. The molecule has 1 aromatic carbocycles. The molecule has 100 valence electrons. The van der Waals surface area contributed by atoms with Crippen molar-refractivity contribution in [2.24, 2.45) is 5.41 Å². The minimum atomic E-state index is -0.713. The fourth-order valence-electron chi connectivity index (χ4n) is 2.87. The SMILES string of the molecule is N#CC1(C(O)c2ccc(C3CC3)cc2)CCOCC1. The van der Waals surface area contributed by atoms with Gasteiger partial charge in [0.25, 0.3) is 0 Å². The molecule has 1 heterocycles. The molecule has 0 bridgehead atoms. The lowest BCUT2D eigenvalue weighted by Gasteiger charge is -2.35. The molecule has 1 saturated heterocycles. The van der Waals surface area contributed by atoms with Crippen LogP contribution in [0, 0.1) is 16.7 Å². The summed E-state index contributed by atoms with van der Waals surface area (Å²) in [5.74, 6) is 0.721. The molecule has 1 N–H and O–H groups in total. The summed E-state index contributed by atoms with van der Waals surface area (Å²) in [6.45, 7) is 1.12. The third kappa shape index (κ3) is 2.39. The highest BCUT2D eigenvalue weighted by atomic mass is 16.5. The van der Waals surface area contributed by atoms with Gasteiger partial charge in [0.1, 0.15) is 0 Å². The monoisotopic (exact) mass is 257 g/mol. The lowest BCUT2D eigenvalue weighted by Crippen LogP contribution is -2.34. The van der Waals surface area contributed by atoms with Gasteiger partial charge < -0.3 is 9.84 Å². The minimum Gasteiger partial charge on any atom is -0.387 e. The fourth-order valence-corrected chi connectivity index (χ4v) is 2.87. The van der Waals surface area contributed by atoms with E-state index in [0.29, 0.717) is 26.1 Å².